The first-order valence-electron chi connectivity index (χ1n) is 9.11. The number of anilines is 1. The fourth-order valence-electron chi connectivity index (χ4n) is 3.10. The topological polar surface area (TPSA) is 86.0 Å². The highest BCUT2D eigenvalue weighted by Crippen LogP contribution is 2.25. The largest absolute Gasteiger partial charge is 0.337 e. The lowest BCUT2D eigenvalue weighted by Crippen LogP contribution is -2.40. The number of thioether (sulfide) groups is 1. The first-order chi connectivity index (χ1) is 14.5. The zero-order chi connectivity index (χ0) is 21.3. The number of carbonyl (C=O) groups is 1. The molecule has 30 heavy (non-hydrogen) atoms. The second-order valence-corrected chi connectivity index (χ2v) is 8.60. The summed E-state index contributed by atoms with van der Waals surface area (Å²) < 4.78 is 3.34. The maximum Gasteiger partial charge on any atom is 0.337 e. The van der Waals surface area contributed by atoms with Gasteiger partial charge in [-0.1, -0.05) is 48.2 Å². The average Bonchev–Trinajstić information content (AvgIpc) is 3.19. The summed E-state index contributed by atoms with van der Waals surface area (Å²) in [7, 11) is 0. The molecule has 0 unspecified atom stereocenters. The Morgan fingerprint density at radius 3 is 2.50 bits per heavy atom. The Bertz CT molecular complexity index is 1360. The van der Waals surface area contributed by atoms with Gasteiger partial charge >= 0.3 is 5.69 Å². The van der Waals surface area contributed by atoms with Crippen molar-refractivity contribution in [3.05, 3.63) is 81.0 Å². The summed E-state index contributed by atoms with van der Waals surface area (Å²) in [6, 6.07) is 16.1. The van der Waals surface area contributed by atoms with Crippen LogP contribution in [0.15, 0.2) is 68.5 Å². The van der Waals surface area contributed by atoms with Crippen LogP contribution in [0.2, 0.25) is 0 Å². The Balaban J connectivity index is 1.85. The quantitative estimate of drug-likeness (QED) is 0.483. The van der Waals surface area contributed by atoms with Gasteiger partial charge in [0.15, 0.2) is 9.99 Å². The van der Waals surface area contributed by atoms with Crippen molar-refractivity contribution >= 4 is 45.0 Å². The number of rotatable bonds is 5. The van der Waals surface area contributed by atoms with E-state index in [4.69, 9.17) is 0 Å². The molecule has 7 nitrogen and oxygen atoms in total. The van der Waals surface area contributed by atoms with E-state index < -0.39 is 11.2 Å². The van der Waals surface area contributed by atoms with Gasteiger partial charge in [-0.2, -0.15) is 0 Å². The number of carbonyl (C=O) groups excluding carboxylic acids is 1. The summed E-state index contributed by atoms with van der Waals surface area (Å²) in [4.78, 5) is 43.5. The van der Waals surface area contributed by atoms with Gasteiger partial charge in [0.2, 0.25) is 5.91 Å². The zero-order valence-electron chi connectivity index (χ0n) is 16.3. The highest BCUT2D eigenvalue weighted by atomic mass is 32.2. The predicted molar refractivity (Wildman–Crippen MR) is 121 cm³/mol. The van der Waals surface area contributed by atoms with Gasteiger partial charge in [0.25, 0.3) is 5.56 Å². The number of aryl methyl sites for hydroxylation is 1. The van der Waals surface area contributed by atoms with E-state index in [1.54, 1.807) is 36.4 Å². The van der Waals surface area contributed by atoms with Gasteiger partial charge in [-0.05, 0) is 36.9 Å². The van der Waals surface area contributed by atoms with Crippen LogP contribution in [0.5, 0.6) is 0 Å². The molecule has 0 saturated carbocycles. The second kappa shape index (κ2) is 8.29. The van der Waals surface area contributed by atoms with Crippen molar-refractivity contribution in [3.8, 4) is 5.69 Å². The number of thiazole rings is 1. The summed E-state index contributed by atoms with van der Waals surface area (Å²) in [5, 5.41) is 2.83. The molecule has 0 aliphatic rings. The Morgan fingerprint density at radius 1 is 1.10 bits per heavy atom. The van der Waals surface area contributed by atoms with Crippen LogP contribution >= 0.6 is 23.1 Å². The molecule has 0 bridgehead atoms. The van der Waals surface area contributed by atoms with Crippen molar-refractivity contribution in [1.29, 1.82) is 0 Å². The zero-order valence-corrected chi connectivity index (χ0v) is 17.9. The van der Waals surface area contributed by atoms with E-state index in [0.717, 1.165) is 10.1 Å². The maximum absolute atomic E-state index is 13.3. The highest BCUT2D eigenvalue weighted by Gasteiger charge is 2.20. The third-order valence-corrected chi connectivity index (χ3v) is 6.59. The van der Waals surface area contributed by atoms with Crippen molar-refractivity contribution < 1.29 is 4.79 Å². The minimum Gasteiger partial charge on any atom is -0.324 e. The molecule has 0 aliphatic heterocycles. The van der Waals surface area contributed by atoms with Crippen molar-refractivity contribution in [2.45, 2.75) is 17.8 Å². The number of benzene rings is 2. The molecule has 0 spiro atoms. The molecule has 0 aliphatic carbocycles. The highest BCUT2D eigenvalue weighted by molar-refractivity contribution is 8.00. The van der Waals surface area contributed by atoms with Crippen LogP contribution in [0.3, 0.4) is 0 Å². The van der Waals surface area contributed by atoms with Crippen LogP contribution in [0.1, 0.15) is 5.56 Å². The summed E-state index contributed by atoms with van der Waals surface area (Å²) in [6.45, 7) is 1.63. The molecule has 0 fully saturated rings. The molecule has 0 atom stereocenters. The van der Waals surface area contributed by atoms with Crippen LogP contribution in [-0.2, 0) is 11.3 Å². The molecule has 1 amide bonds. The Hall–Kier alpha value is -3.17. The van der Waals surface area contributed by atoms with Crippen molar-refractivity contribution in [2.75, 3.05) is 11.6 Å². The summed E-state index contributed by atoms with van der Waals surface area (Å²) in [5.74, 6) is -0.371. The molecular formula is C21H18N4O3S2. The van der Waals surface area contributed by atoms with E-state index in [9.17, 15) is 14.4 Å². The van der Waals surface area contributed by atoms with E-state index in [1.165, 1.54) is 27.7 Å². The standard InChI is InChI=1S/C21H18N4O3S2/c1-13-8-6-7-11-15(13)22-16(26)12-24-18-17(30-20(23-18)29-2)19(27)25(21(24)28)14-9-4-3-5-10-14/h3-11H,12H2,1-2H3,(H,22,26). The lowest BCUT2D eigenvalue weighted by Gasteiger charge is -2.12. The molecule has 1 N–H and O–H groups in total. The molecule has 152 valence electrons. The average molecular weight is 439 g/mol. The van der Waals surface area contributed by atoms with Gasteiger partial charge in [-0.15, -0.1) is 11.3 Å². The number of nitrogens with one attached hydrogen (secondary N) is 1. The molecule has 9 heteroatoms. The Labute approximate surface area is 180 Å². The van der Waals surface area contributed by atoms with Crippen LogP contribution in [-0.4, -0.2) is 26.3 Å². The molecule has 0 saturated heterocycles. The summed E-state index contributed by atoms with van der Waals surface area (Å²) in [5.41, 5.74) is 1.22. The van der Waals surface area contributed by atoms with Crippen molar-refractivity contribution in [1.82, 2.24) is 14.1 Å². The Morgan fingerprint density at radius 2 is 1.80 bits per heavy atom. The normalized spacial score (nSPS) is 11.0. The smallest absolute Gasteiger partial charge is 0.324 e. The third-order valence-electron chi connectivity index (χ3n) is 4.57. The number of amides is 1. The molecule has 0 radical (unpaired) electrons. The molecular weight excluding hydrogens is 420 g/mol. The van der Waals surface area contributed by atoms with Gasteiger partial charge in [0.05, 0.1) is 5.69 Å². The van der Waals surface area contributed by atoms with Gasteiger partial charge in [-0.25, -0.2) is 14.3 Å². The lowest BCUT2D eigenvalue weighted by atomic mass is 10.2. The van der Waals surface area contributed by atoms with Crippen molar-refractivity contribution in [2.24, 2.45) is 0 Å². The molecule has 2 heterocycles. The fraction of sp³-hybridized carbons (Fsp3) is 0.143. The maximum atomic E-state index is 13.3. The fourth-order valence-corrected chi connectivity index (χ4v) is 4.59. The monoisotopic (exact) mass is 438 g/mol. The van der Waals surface area contributed by atoms with Crippen LogP contribution in [0.25, 0.3) is 16.0 Å². The van der Waals surface area contributed by atoms with E-state index in [2.05, 4.69) is 10.3 Å². The van der Waals surface area contributed by atoms with Crippen LogP contribution < -0.4 is 16.6 Å². The van der Waals surface area contributed by atoms with Gasteiger partial charge in [-0.3, -0.25) is 14.2 Å². The number of aromatic nitrogens is 3. The molecule has 4 aromatic rings. The minimum atomic E-state index is -0.600. The van der Waals surface area contributed by atoms with Gasteiger partial charge in [0, 0.05) is 5.69 Å². The van der Waals surface area contributed by atoms with E-state index >= 15 is 0 Å². The van der Waals surface area contributed by atoms with Gasteiger partial charge in [0.1, 0.15) is 11.2 Å². The van der Waals surface area contributed by atoms with Crippen LogP contribution in [0, 0.1) is 6.92 Å². The molecule has 2 aromatic carbocycles. The SMILES string of the molecule is CSc1nc2c(s1)c(=O)n(-c1ccccc1)c(=O)n2CC(=O)Nc1ccccc1C. The summed E-state index contributed by atoms with van der Waals surface area (Å²) in [6.07, 6.45) is 1.85. The van der Waals surface area contributed by atoms with Gasteiger partial charge < -0.3 is 5.32 Å². The first kappa shape index (κ1) is 20.1. The van der Waals surface area contributed by atoms with E-state index in [-0.39, 0.29) is 18.1 Å². The molecule has 4 rings (SSSR count). The number of hydrogen-bond acceptors (Lipinski definition) is 6. The number of nitrogens with zero attached hydrogens (tertiary/aromatic N) is 3. The lowest BCUT2D eigenvalue weighted by molar-refractivity contribution is -0.116. The third kappa shape index (κ3) is 3.69. The number of fused-ring (bicyclic) bond motifs is 1. The second-order valence-electron chi connectivity index (χ2n) is 6.54. The first-order valence-corrected chi connectivity index (χ1v) is 11.1. The van der Waals surface area contributed by atoms with E-state index in [0.29, 0.717) is 20.4 Å². The van der Waals surface area contributed by atoms with Crippen LogP contribution in [0.4, 0.5) is 5.69 Å². The number of para-hydroxylation sites is 2. The Kier molecular flexibility index (Phi) is 5.56. The van der Waals surface area contributed by atoms with E-state index in [1.807, 2.05) is 31.4 Å². The summed E-state index contributed by atoms with van der Waals surface area (Å²) >= 11 is 2.60. The predicted octanol–water partition coefficient (Wildman–Crippen LogP) is 3.28. The number of hydrogen-bond donors (Lipinski definition) is 1. The van der Waals surface area contributed by atoms with Crippen molar-refractivity contribution in [3.63, 3.8) is 0 Å². The minimum absolute atomic E-state index is 0.228. The molecule has 2 aromatic heterocycles.